The van der Waals surface area contributed by atoms with Crippen LogP contribution in [0.5, 0.6) is 0 Å². The molecule has 1 nitrogen and oxygen atoms in total. The highest BCUT2D eigenvalue weighted by Gasteiger charge is 2.22. The van der Waals surface area contributed by atoms with Gasteiger partial charge in [-0.05, 0) is 49.4 Å². The Morgan fingerprint density at radius 1 is 1.29 bits per heavy atom. The Balaban J connectivity index is 1.93. The Morgan fingerprint density at radius 3 is 2.59 bits per heavy atom. The van der Waals surface area contributed by atoms with E-state index in [0.717, 1.165) is 17.5 Å². The molecule has 1 fully saturated rings. The Hall–Kier alpha value is -0.530. The standard InChI is InChI=1S/C15H22ClN/c1-2-11-17-15(10-5-12-3-4-12)13-6-8-14(16)9-7-13/h6-9,12,15,17H,2-5,10-11H2,1H3. The summed E-state index contributed by atoms with van der Waals surface area (Å²) in [6.45, 7) is 3.31. The van der Waals surface area contributed by atoms with Gasteiger partial charge in [-0.1, -0.05) is 43.5 Å². The summed E-state index contributed by atoms with van der Waals surface area (Å²) in [6, 6.07) is 8.81. The zero-order chi connectivity index (χ0) is 12.1. The van der Waals surface area contributed by atoms with Crippen molar-refractivity contribution in [1.82, 2.24) is 5.32 Å². The van der Waals surface area contributed by atoms with Crippen molar-refractivity contribution < 1.29 is 0 Å². The fourth-order valence-electron chi connectivity index (χ4n) is 2.21. The van der Waals surface area contributed by atoms with Gasteiger partial charge >= 0.3 is 0 Å². The summed E-state index contributed by atoms with van der Waals surface area (Å²) in [5.41, 5.74) is 1.38. The SMILES string of the molecule is CCCNC(CCC1CC1)c1ccc(Cl)cc1. The Morgan fingerprint density at radius 2 is 2.00 bits per heavy atom. The molecule has 1 aliphatic rings. The third-order valence-electron chi connectivity index (χ3n) is 3.47. The highest BCUT2D eigenvalue weighted by molar-refractivity contribution is 6.30. The van der Waals surface area contributed by atoms with E-state index in [9.17, 15) is 0 Å². The largest absolute Gasteiger partial charge is 0.310 e. The van der Waals surface area contributed by atoms with E-state index in [-0.39, 0.29) is 0 Å². The van der Waals surface area contributed by atoms with Gasteiger partial charge in [-0.15, -0.1) is 0 Å². The summed E-state index contributed by atoms with van der Waals surface area (Å²) in [6.07, 6.45) is 6.70. The number of hydrogen-bond donors (Lipinski definition) is 1. The fraction of sp³-hybridized carbons (Fsp3) is 0.600. The lowest BCUT2D eigenvalue weighted by molar-refractivity contribution is 0.470. The highest BCUT2D eigenvalue weighted by atomic mass is 35.5. The van der Waals surface area contributed by atoms with Crippen LogP contribution >= 0.6 is 11.6 Å². The maximum atomic E-state index is 5.94. The number of rotatable bonds is 7. The van der Waals surface area contributed by atoms with E-state index in [2.05, 4.69) is 24.4 Å². The van der Waals surface area contributed by atoms with Gasteiger partial charge in [0.05, 0.1) is 0 Å². The van der Waals surface area contributed by atoms with Gasteiger partial charge in [0.1, 0.15) is 0 Å². The molecular weight excluding hydrogens is 230 g/mol. The third kappa shape index (κ3) is 4.33. The maximum absolute atomic E-state index is 5.94. The first-order valence-corrected chi connectivity index (χ1v) is 7.16. The van der Waals surface area contributed by atoms with Gasteiger partial charge < -0.3 is 5.32 Å². The molecule has 1 aromatic rings. The summed E-state index contributed by atoms with van der Waals surface area (Å²) in [4.78, 5) is 0. The molecule has 17 heavy (non-hydrogen) atoms. The van der Waals surface area contributed by atoms with Crippen molar-refractivity contribution in [3.05, 3.63) is 34.9 Å². The van der Waals surface area contributed by atoms with E-state index in [1.165, 1.54) is 37.7 Å². The summed E-state index contributed by atoms with van der Waals surface area (Å²) in [5.74, 6) is 1.01. The Kier molecular flexibility index (Phi) is 4.87. The Bertz CT molecular complexity index is 329. The minimum absolute atomic E-state index is 0.507. The molecule has 0 bridgehead atoms. The van der Waals surface area contributed by atoms with Gasteiger partial charge in [0.25, 0.3) is 0 Å². The average molecular weight is 252 g/mol. The van der Waals surface area contributed by atoms with E-state index in [1.54, 1.807) is 0 Å². The van der Waals surface area contributed by atoms with Crippen molar-refractivity contribution in [2.24, 2.45) is 5.92 Å². The number of halogens is 1. The molecule has 0 radical (unpaired) electrons. The molecule has 0 saturated heterocycles. The second-order valence-electron chi connectivity index (χ2n) is 5.08. The van der Waals surface area contributed by atoms with Gasteiger partial charge in [0, 0.05) is 11.1 Å². The zero-order valence-electron chi connectivity index (χ0n) is 10.6. The topological polar surface area (TPSA) is 12.0 Å². The molecule has 0 aliphatic heterocycles. The monoisotopic (exact) mass is 251 g/mol. The van der Waals surface area contributed by atoms with Crippen molar-refractivity contribution in [3.8, 4) is 0 Å². The molecule has 0 aromatic heterocycles. The van der Waals surface area contributed by atoms with E-state index < -0.39 is 0 Å². The van der Waals surface area contributed by atoms with Crippen LogP contribution in [-0.2, 0) is 0 Å². The van der Waals surface area contributed by atoms with Crippen LogP contribution in [0.3, 0.4) is 0 Å². The predicted octanol–water partition coefficient (Wildman–Crippen LogP) is 4.57. The van der Waals surface area contributed by atoms with Crippen LogP contribution in [0.2, 0.25) is 5.02 Å². The first kappa shape index (κ1) is 12.9. The molecule has 0 amide bonds. The van der Waals surface area contributed by atoms with Crippen LogP contribution in [0, 0.1) is 5.92 Å². The first-order chi connectivity index (χ1) is 8.29. The second kappa shape index (κ2) is 6.42. The van der Waals surface area contributed by atoms with Gasteiger partial charge in [-0.2, -0.15) is 0 Å². The molecule has 0 spiro atoms. The molecule has 0 heterocycles. The minimum atomic E-state index is 0.507. The predicted molar refractivity (Wildman–Crippen MR) is 74.4 cm³/mol. The first-order valence-electron chi connectivity index (χ1n) is 6.78. The van der Waals surface area contributed by atoms with Crippen LogP contribution in [0.15, 0.2) is 24.3 Å². The third-order valence-corrected chi connectivity index (χ3v) is 3.73. The molecule has 1 atom stereocenters. The maximum Gasteiger partial charge on any atom is 0.0406 e. The fourth-order valence-corrected chi connectivity index (χ4v) is 2.34. The highest BCUT2D eigenvalue weighted by Crippen LogP contribution is 2.36. The molecule has 1 unspecified atom stereocenters. The van der Waals surface area contributed by atoms with Gasteiger partial charge in [-0.3, -0.25) is 0 Å². The van der Waals surface area contributed by atoms with Gasteiger partial charge in [0.15, 0.2) is 0 Å². The smallest absolute Gasteiger partial charge is 0.0406 e. The molecule has 1 aliphatic carbocycles. The normalized spacial score (nSPS) is 17.1. The molecule has 1 saturated carbocycles. The van der Waals surface area contributed by atoms with Crippen molar-refractivity contribution in [3.63, 3.8) is 0 Å². The lowest BCUT2D eigenvalue weighted by Gasteiger charge is -2.19. The molecule has 94 valence electrons. The van der Waals surface area contributed by atoms with E-state index in [0.29, 0.717) is 6.04 Å². The molecular formula is C15H22ClN. The summed E-state index contributed by atoms with van der Waals surface area (Å²) in [7, 11) is 0. The lowest BCUT2D eigenvalue weighted by atomic mass is 10.0. The van der Waals surface area contributed by atoms with E-state index >= 15 is 0 Å². The van der Waals surface area contributed by atoms with Crippen LogP contribution < -0.4 is 5.32 Å². The van der Waals surface area contributed by atoms with Gasteiger partial charge in [-0.25, -0.2) is 0 Å². The quantitative estimate of drug-likeness (QED) is 0.749. The average Bonchev–Trinajstić information content (AvgIpc) is 3.15. The second-order valence-corrected chi connectivity index (χ2v) is 5.52. The lowest BCUT2D eigenvalue weighted by Crippen LogP contribution is -2.22. The molecule has 1 aromatic carbocycles. The van der Waals surface area contributed by atoms with Crippen molar-refractivity contribution >= 4 is 11.6 Å². The number of benzene rings is 1. The molecule has 2 rings (SSSR count). The Labute approximate surface area is 110 Å². The molecule has 2 heteroatoms. The zero-order valence-corrected chi connectivity index (χ0v) is 11.3. The van der Waals surface area contributed by atoms with Crippen LogP contribution in [-0.4, -0.2) is 6.54 Å². The molecule has 1 N–H and O–H groups in total. The van der Waals surface area contributed by atoms with Crippen LogP contribution in [0.4, 0.5) is 0 Å². The van der Waals surface area contributed by atoms with Crippen molar-refractivity contribution in [2.45, 2.75) is 45.1 Å². The van der Waals surface area contributed by atoms with E-state index in [4.69, 9.17) is 11.6 Å². The minimum Gasteiger partial charge on any atom is -0.310 e. The summed E-state index contributed by atoms with van der Waals surface area (Å²) >= 11 is 5.94. The summed E-state index contributed by atoms with van der Waals surface area (Å²) in [5, 5.41) is 4.47. The number of nitrogens with one attached hydrogen (secondary N) is 1. The van der Waals surface area contributed by atoms with Crippen molar-refractivity contribution in [1.29, 1.82) is 0 Å². The van der Waals surface area contributed by atoms with Gasteiger partial charge in [0.2, 0.25) is 0 Å². The van der Waals surface area contributed by atoms with Crippen molar-refractivity contribution in [2.75, 3.05) is 6.54 Å². The van der Waals surface area contributed by atoms with Crippen LogP contribution in [0.1, 0.15) is 50.6 Å². The number of hydrogen-bond acceptors (Lipinski definition) is 1. The summed E-state index contributed by atoms with van der Waals surface area (Å²) < 4.78 is 0. The van der Waals surface area contributed by atoms with Crippen LogP contribution in [0.25, 0.3) is 0 Å². The van der Waals surface area contributed by atoms with E-state index in [1.807, 2.05) is 12.1 Å².